The summed E-state index contributed by atoms with van der Waals surface area (Å²) in [6, 6.07) is 6.33. The molecule has 20 heavy (non-hydrogen) atoms. The summed E-state index contributed by atoms with van der Waals surface area (Å²) < 4.78 is 26.5. The molecule has 2 N–H and O–H groups in total. The lowest BCUT2D eigenvalue weighted by Crippen LogP contribution is -2.29. The molecule has 0 atom stereocenters. The third kappa shape index (κ3) is 5.10. The van der Waals surface area contributed by atoms with Crippen LogP contribution in [0.1, 0.15) is 25.8 Å². The van der Waals surface area contributed by atoms with Crippen LogP contribution in [0.25, 0.3) is 0 Å². The van der Waals surface area contributed by atoms with Crippen LogP contribution in [0.5, 0.6) is 0 Å². The van der Waals surface area contributed by atoms with E-state index >= 15 is 0 Å². The molecule has 0 aliphatic heterocycles. The summed E-state index contributed by atoms with van der Waals surface area (Å²) in [5, 5.41) is 12.1. The first kappa shape index (κ1) is 16.9. The topological polar surface area (TPSA) is 82.0 Å². The van der Waals surface area contributed by atoms with Crippen molar-refractivity contribution in [1.29, 1.82) is 5.26 Å². The highest BCUT2D eigenvalue weighted by Gasteiger charge is 2.14. The zero-order valence-corrected chi connectivity index (χ0v) is 13.1. The number of hydrogen-bond donors (Lipinski definition) is 2. The van der Waals surface area contributed by atoms with E-state index in [4.69, 9.17) is 16.9 Å². The third-order valence-electron chi connectivity index (χ3n) is 2.57. The molecule has 1 aromatic rings. The van der Waals surface area contributed by atoms with Gasteiger partial charge in [0.15, 0.2) is 0 Å². The molecule has 110 valence electrons. The van der Waals surface area contributed by atoms with E-state index in [1.165, 1.54) is 18.2 Å². The predicted molar refractivity (Wildman–Crippen MR) is 79.1 cm³/mol. The summed E-state index contributed by atoms with van der Waals surface area (Å²) in [6.45, 7) is 5.15. The smallest absolute Gasteiger partial charge is 0.240 e. The van der Waals surface area contributed by atoms with Crippen molar-refractivity contribution in [2.45, 2.75) is 31.2 Å². The average Bonchev–Trinajstić information content (AvgIpc) is 2.37. The summed E-state index contributed by atoms with van der Waals surface area (Å²) in [7, 11) is -3.58. The van der Waals surface area contributed by atoms with E-state index in [-0.39, 0.29) is 15.5 Å². The van der Waals surface area contributed by atoms with E-state index in [9.17, 15) is 8.42 Å². The van der Waals surface area contributed by atoms with Crippen molar-refractivity contribution in [3.63, 3.8) is 0 Å². The number of benzene rings is 1. The second-order valence-electron chi connectivity index (χ2n) is 4.61. The molecule has 1 rings (SSSR count). The van der Waals surface area contributed by atoms with E-state index in [1.807, 2.05) is 19.9 Å². The van der Waals surface area contributed by atoms with Crippen LogP contribution in [0.2, 0.25) is 5.02 Å². The van der Waals surface area contributed by atoms with Crippen molar-refractivity contribution >= 4 is 21.6 Å². The summed E-state index contributed by atoms with van der Waals surface area (Å²) in [5.41, 5.74) is 0.256. The first-order valence-electron chi connectivity index (χ1n) is 6.29. The van der Waals surface area contributed by atoms with Gasteiger partial charge in [0, 0.05) is 12.6 Å². The number of halogens is 1. The Bertz CT molecular complexity index is 594. The van der Waals surface area contributed by atoms with Crippen LogP contribution in [0, 0.1) is 11.3 Å². The van der Waals surface area contributed by atoms with Crippen molar-refractivity contribution in [2.24, 2.45) is 0 Å². The van der Waals surface area contributed by atoms with Crippen molar-refractivity contribution < 1.29 is 8.42 Å². The van der Waals surface area contributed by atoms with Gasteiger partial charge in [0.25, 0.3) is 0 Å². The monoisotopic (exact) mass is 315 g/mol. The van der Waals surface area contributed by atoms with Crippen LogP contribution >= 0.6 is 11.6 Å². The molecule has 0 saturated heterocycles. The van der Waals surface area contributed by atoms with Crippen LogP contribution in [-0.4, -0.2) is 27.5 Å². The molecule has 7 heteroatoms. The maximum Gasteiger partial charge on any atom is 0.240 e. The average molecular weight is 316 g/mol. The molecule has 0 radical (unpaired) electrons. The molecule has 0 fully saturated rings. The van der Waals surface area contributed by atoms with Crippen LogP contribution in [0.3, 0.4) is 0 Å². The quantitative estimate of drug-likeness (QED) is 0.753. The lowest BCUT2D eigenvalue weighted by Gasteiger charge is -2.09. The number of hydrogen-bond acceptors (Lipinski definition) is 4. The van der Waals surface area contributed by atoms with Crippen LogP contribution in [0.4, 0.5) is 0 Å². The van der Waals surface area contributed by atoms with Gasteiger partial charge in [-0.15, -0.1) is 0 Å². The number of nitriles is 1. The SMILES string of the molecule is CC(C)NCCCNS(=O)(=O)c1ccc(C#N)c(Cl)c1. The first-order valence-corrected chi connectivity index (χ1v) is 8.15. The van der Waals surface area contributed by atoms with Crippen molar-refractivity contribution in [2.75, 3.05) is 13.1 Å². The molecule has 5 nitrogen and oxygen atoms in total. The summed E-state index contributed by atoms with van der Waals surface area (Å²) >= 11 is 5.83. The Balaban J connectivity index is 2.61. The van der Waals surface area contributed by atoms with E-state index < -0.39 is 10.0 Å². The highest BCUT2D eigenvalue weighted by atomic mass is 35.5. The van der Waals surface area contributed by atoms with Crippen molar-refractivity contribution in [1.82, 2.24) is 10.0 Å². The Kier molecular flexibility index (Phi) is 6.43. The van der Waals surface area contributed by atoms with E-state index in [0.29, 0.717) is 19.0 Å². The second-order valence-corrected chi connectivity index (χ2v) is 6.79. The first-order chi connectivity index (χ1) is 9.36. The maximum absolute atomic E-state index is 12.0. The Morgan fingerprint density at radius 3 is 2.60 bits per heavy atom. The maximum atomic E-state index is 12.0. The minimum atomic E-state index is -3.58. The highest BCUT2D eigenvalue weighted by Crippen LogP contribution is 2.19. The molecular weight excluding hydrogens is 298 g/mol. The lowest BCUT2D eigenvalue weighted by molar-refractivity contribution is 0.554. The Morgan fingerprint density at radius 2 is 2.05 bits per heavy atom. The van der Waals surface area contributed by atoms with Gasteiger partial charge >= 0.3 is 0 Å². The fourth-order valence-corrected chi connectivity index (χ4v) is 2.91. The fourth-order valence-electron chi connectivity index (χ4n) is 1.52. The largest absolute Gasteiger partial charge is 0.314 e. The van der Waals surface area contributed by atoms with Crippen molar-refractivity contribution in [3.8, 4) is 6.07 Å². The Morgan fingerprint density at radius 1 is 1.35 bits per heavy atom. The lowest BCUT2D eigenvalue weighted by atomic mass is 10.2. The molecule has 0 aliphatic carbocycles. The van der Waals surface area contributed by atoms with Gasteiger partial charge in [0.05, 0.1) is 15.5 Å². The Hall–Kier alpha value is -1.13. The standard InChI is InChI=1S/C13H18ClN3O2S/c1-10(2)16-6-3-7-17-20(18,19)12-5-4-11(9-15)13(14)8-12/h4-5,8,10,16-17H,3,6-7H2,1-2H3. The van der Waals surface area contributed by atoms with Gasteiger partial charge < -0.3 is 5.32 Å². The van der Waals surface area contributed by atoms with Gasteiger partial charge in [-0.1, -0.05) is 25.4 Å². The van der Waals surface area contributed by atoms with Gasteiger partial charge in [-0.25, -0.2) is 13.1 Å². The molecule has 0 heterocycles. The van der Waals surface area contributed by atoms with Gasteiger partial charge in [-0.2, -0.15) is 5.26 Å². The van der Waals surface area contributed by atoms with Crippen LogP contribution in [0.15, 0.2) is 23.1 Å². The van der Waals surface area contributed by atoms with E-state index in [2.05, 4.69) is 10.0 Å². The molecule has 0 amide bonds. The van der Waals surface area contributed by atoms with E-state index in [1.54, 1.807) is 0 Å². The summed E-state index contributed by atoms with van der Waals surface area (Å²) in [5.74, 6) is 0. The van der Waals surface area contributed by atoms with Crippen LogP contribution < -0.4 is 10.0 Å². The highest BCUT2D eigenvalue weighted by molar-refractivity contribution is 7.89. The summed E-state index contributed by atoms with van der Waals surface area (Å²) in [6.07, 6.45) is 0.696. The number of nitrogens with zero attached hydrogens (tertiary/aromatic N) is 1. The molecule has 0 aliphatic rings. The summed E-state index contributed by atoms with van der Waals surface area (Å²) in [4.78, 5) is 0.0679. The second kappa shape index (κ2) is 7.60. The third-order valence-corrected chi connectivity index (χ3v) is 4.34. The van der Waals surface area contributed by atoms with Gasteiger partial charge in [-0.3, -0.25) is 0 Å². The molecule has 0 saturated carbocycles. The predicted octanol–water partition coefficient (Wildman–Crippen LogP) is 1.88. The van der Waals surface area contributed by atoms with Gasteiger partial charge in [0.2, 0.25) is 10.0 Å². The number of nitrogens with one attached hydrogen (secondary N) is 2. The zero-order chi connectivity index (χ0) is 15.2. The molecule has 0 spiro atoms. The minimum Gasteiger partial charge on any atom is -0.314 e. The molecule has 1 aromatic carbocycles. The minimum absolute atomic E-state index is 0.0679. The van der Waals surface area contributed by atoms with Crippen molar-refractivity contribution in [3.05, 3.63) is 28.8 Å². The molecule has 0 bridgehead atoms. The van der Waals surface area contributed by atoms with Gasteiger partial charge in [0.1, 0.15) is 6.07 Å². The molecule has 0 aromatic heterocycles. The molecular formula is C13H18ClN3O2S. The van der Waals surface area contributed by atoms with E-state index in [0.717, 1.165) is 6.54 Å². The number of rotatable bonds is 7. The van der Waals surface area contributed by atoms with Gasteiger partial charge in [-0.05, 0) is 31.2 Å². The molecule has 0 unspecified atom stereocenters. The van der Waals surface area contributed by atoms with Crippen LogP contribution in [-0.2, 0) is 10.0 Å². The normalized spacial score (nSPS) is 11.6. The Labute approximate surface area is 125 Å². The fraction of sp³-hybridized carbons (Fsp3) is 0.462. The zero-order valence-electron chi connectivity index (χ0n) is 11.5. The number of sulfonamides is 1.